The zero-order valence-corrected chi connectivity index (χ0v) is 11.1. The van der Waals surface area contributed by atoms with Crippen molar-refractivity contribution in [3.05, 3.63) is 33.8 Å². The maximum Gasteiger partial charge on any atom is 0.416 e. The highest BCUT2D eigenvalue weighted by molar-refractivity contribution is 6.31. The number of benzene rings is 1. The quantitative estimate of drug-likeness (QED) is 0.607. The Morgan fingerprint density at radius 2 is 1.79 bits per heavy atom. The van der Waals surface area contributed by atoms with Crippen LogP contribution in [0.4, 0.5) is 13.2 Å². The van der Waals surface area contributed by atoms with E-state index >= 15 is 0 Å². The summed E-state index contributed by atoms with van der Waals surface area (Å²) in [5.41, 5.74) is -0.260. The Labute approximate surface area is 116 Å². The second-order valence-corrected chi connectivity index (χ2v) is 5.30. The van der Waals surface area contributed by atoms with Crippen molar-refractivity contribution in [3.8, 4) is 12.3 Å². The first-order valence-electron chi connectivity index (χ1n) is 6.30. The standard InChI is InChI=1S/C15H14ClF3/c1-2-10-8-12(15(17,18)19)14(13(16)9-10)11-6-4-3-5-7-11/h1,8-9,11H,3-7H2. The Morgan fingerprint density at radius 3 is 2.32 bits per heavy atom. The first kappa shape index (κ1) is 14.3. The van der Waals surface area contributed by atoms with Crippen LogP contribution in [0.2, 0.25) is 5.02 Å². The second-order valence-electron chi connectivity index (χ2n) is 4.90. The van der Waals surface area contributed by atoms with Crippen molar-refractivity contribution in [1.29, 1.82) is 0 Å². The fourth-order valence-corrected chi connectivity index (χ4v) is 3.12. The van der Waals surface area contributed by atoms with Gasteiger partial charge in [-0.3, -0.25) is 0 Å². The summed E-state index contributed by atoms with van der Waals surface area (Å²) >= 11 is 6.06. The molecular formula is C15H14ClF3. The van der Waals surface area contributed by atoms with Gasteiger partial charge in [-0.2, -0.15) is 13.2 Å². The maximum absolute atomic E-state index is 13.2. The van der Waals surface area contributed by atoms with Crippen molar-refractivity contribution in [2.75, 3.05) is 0 Å². The van der Waals surface area contributed by atoms with E-state index in [0.717, 1.165) is 38.2 Å². The lowest BCUT2D eigenvalue weighted by Crippen LogP contribution is -2.15. The number of halogens is 4. The molecule has 0 atom stereocenters. The summed E-state index contributed by atoms with van der Waals surface area (Å²) in [4.78, 5) is 0. The van der Waals surface area contributed by atoms with E-state index in [9.17, 15) is 13.2 Å². The van der Waals surface area contributed by atoms with Gasteiger partial charge in [0.15, 0.2) is 0 Å². The molecule has 1 aromatic rings. The van der Waals surface area contributed by atoms with Crippen LogP contribution >= 0.6 is 11.6 Å². The summed E-state index contributed by atoms with van der Waals surface area (Å²) in [6.45, 7) is 0. The van der Waals surface area contributed by atoms with E-state index in [0.29, 0.717) is 0 Å². The molecule has 1 aromatic carbocycles. The summed E-state index contributed by atoms with van der Waals surface area (Å²) in [5.74, 6) is 2.12. The summed E-state index contributed by atoms with van der Waals surface area (Å²) < 4.78 is 39.5. The third kappa shape index (κ3) is 3.06. The molecule has 0 aliphatic heterocycles. The number of alkyl halides is 3. The fraction of sp³-hybridized carbons (Fsp3) is 0.467. The van der Waals surface area contributed by atoms with E-state index in [-0.39, 0.29) is 22.1 Å². The number of hydrogen-bond acceptors (Lipinski definition) is 0. The summed E-state index contributed by atoms with van der Waals surface area (Å²) in [5, 5.41) is 0.148. The van der Waals surface area contributed by atoms with Crippen molar-refractivity contribution in [1.82, 2.24) is 0 Å². The van der Waals surface area contributed by atoms with Gasteiger partial charge in [-0.1, -0.05) is 36.8 Å². The molecular weight excluding hydrogens is 273 g/mol. The van der Waals surface area contributed by atoms with Crippen LogP contribution in [0.15, 0.2) is 12.1 Å². The summed E-state index contributed by atoms with van der Waals surface area (Å²) in [7, 11) is 0. The van der Waals surface area contributed by atoms with Crippen LogP contribution in [0, 0.1) is 12.3 Å². The first-order valence-corrected chi connectivity index (χ1v) is 6.68. The molecule has 4 heteroatoms. The lowest BCUT2D eigenvalue weighted by Gasteiger charge is -2.26. The Hall–Kier alpha value is -1.14. The Morgan fingerprint density at radius 1 is 1.16 bits per heavy atom. The third-order valence-corrected chi connectivity index (χ3v) is 3.93. The monoisotopic (exact) mass is 286 g/mol. The average Bonchev–Trinajstić information content (AvgIpc) is 2.37. The highest BCUT2D eigenvalue weighted by Gasteiger charge is 2.37. The molecule has 1 aliphatic carbocycles. The average molecular weight is 287 g/mol. The molecule has 0 amide bonds. The van der Waals surface area contributed by atoms with E-state index in [2.05, 4.69) is 5.92 Å². The van der Waals surface area contributed by atoms with Crippen molar-refractivity contribution in [2.45, 2.75) is 44.2 Å². The molecule has 1 fully saturated rings. The molecule has 0 heterocycles. The molecule has 0 unspecified atom stereocenters. The number of terminal acetylenes is 1. The zero-order chi connectivity index (χ0) is 14.0. The molecule has 1 aliphatic rings. The van der Waals surface area contributed by atoms with Gasteiger partial charge in [-0.05, 0) is 36.5 Å². The lowest BCUT2D eigenvalue weighted by molar-refractivity contribution is -0.138. The smallest absolute Gasteiger partial charge is 0.166 e. The van der Waals surface area contributed by atoms with Gasteiger partial charge in [0.2, 0.25) is 0 Å². The normalized spacial score (nSPS) is 17.2. The third-order valence-electron chi connectivity index (χ3n) is 3.62. The predicted molar refractivity (Wildman–Crippen MR) is 70.2 cm³/mol. The minimum absolute atomic E-state index is 0.107. The minimum Gasteiger partial charge on any atom is -0.166 e. The molecule has 2 rings (SSSR count). The molecule has 1 saturated carbocycles. The fourth-order valence-electron chi connectivity index (χ4n) is 2.74. The van der Waals surface area contributed by atoms with Crippen LogP contribution < -0.4 is 0 Å². The van der Waals surface area contributed by atoms with Gasteiger partial charge in [0.05, 0.1) is 5.56 Å². The van der Waals surface area contributed by atoms with Gasteiger partial charge in [-0.15, -0.1) is 6.42 Å². The van der Waals surface area contributed by atoms with Gasteiger partial charge in [-0.25, -0.2) is 0 Å². The highest BCUT2D eigenvalue weighted by atomic mass is 35.5. The van der Waals surface area contributed by atoms with Crippen molar-refractivity contribution >= 4 is 11.6 Å². The summed E-state index contributed by atoms with van der Waals surface area (Å²) in [6.07, 6.45) is 5.28. The highest BCUT2D eigenvalue weighted by Crippen LogP contribution is 2.44. The lowest BCUT2D eigenvalue weighted by atomic mass is 9.81. The number of rotatable bonds is 1. The molecule has 19 heavy (non-hydrogen) atoms. The maximum atomic E-state index is 13.2. The predicted octanol–water partition coefficient (Wildman–Crippen LogP) is 5.39. The van der Waals surface area contributed by atoms with Gasteiger partial charge < -0.3 is 0 Å². The van der Waals surface area contributed by atoms with Crippen LogP contribution in [0.3, 0.4) is 0 Å². The molecule has 0 radical (unpaired) electrons. The van der Waals surface area contributed by atoms with Gasteiger partial charge >= 0.3 is 6.18 Å². The molecule has 102 valence electrons. The largest absolute Gasteiger partial charge is 0.416 e. The minimum atomic E-state index is -4.41. The van der Waals surface area contributed by atoms with Crippen LogP contribution in [-0.4, -0.2) is 0 Å². The van der Waals surface area contributed by atoms with E-state index in [1.54, 1.807) is 0 Å². The first-order chi connectivity index (χ1) is 8.93. The van der Waals surface area contributed by atoms with Crippen LogP contribution in [-0.2, 0) is 6.18 Å². The van der Waals surface area contributed by atoms with E-state index in [4.69, 9.17) is 18.0 Å². The Balaban J connectivity index is 2.54. The molecule has 0 N–H and O–H groups in total. The molecule has 0 nitrogen and oxygen atoms in total. The molecule has 0 saturated heterocycles. The second kappa shape index (κ2) is 5.46. The van der Waals surface area contributed by atoms with Gasteiger partial charge in [0, 0.05) is 10.6 Å². The molecule has 0 spiro atoms. The SMILES string of the molecule is C#Cc1cc(Cl)c(C2CCCCC2)c(C(F)(F)F)c1. The van der Waals surface area contributed by atoms with Crippen molar-refractivity contribution < 1.29 is 13.2 Å². The van der Waals surface area contributed by atoms with E-state index in [1.165, 1.54) is 6.07 Å². The Bertz CT molecular complexity index is 505. The van der Waals surface area contributed by atoms with E-state index < -0.39 is 11.7 Å². The Kier molecular flexibility index (Phi) is 4.10. The molecule has 0 bridgehead atoms. The topological polar surface area (TPSA) is 0 Å². The van der Waals surface area contributed by atoms with Gasteiger partial charge in [0.1, 0.15) is 0 Å². The van der Waals surface area contributed by atoms with Gasteiger partial charge in [0.25, 0.3) is 0 Å². The van der Waals surface area contributed by atoms with Crippen LogP contribution in [0.1, 0.15) is 54.7 Å². The van der Waals surface area contributed by atoms with Crippen molar-refractivity contribution in [3.63, 3.8) is 0 Å². The van der Waals surface area contributed by atoms with E-state index in [1.807, 2.05) is 0 Å². The van der Waals surface area contributed by atoms with Crippen LogP contribution in [0.25, 0.3) is 0 Å². The zero-order valence-electron chi connectivity index (χ0n) is 10.4. The number of hydrogen-bond donors (Lipinski definition) is 0. The van der Waals surface area contributed by atoms with Crippen LogP contribution in [0.5, 0.6) is 0 Å². The summed E-state index contributed by atoms with van der Waals surface area (Å²) in [6, 6.07) is 2.50. The molecule has 0 aromatic heterocycles. The van der Waals surface area contributed by atoms with Crippen molar-refractivity contribution in [2.24, 2.45) is 0 Å².